The summed E-state index contributed by atoms with van der Waals surface area (Å²) in [4.78, 5) is 0.243. The van der Waals surface area contributed by atoms with E-state index in [0.29, 0.717) is 5.54 Å². The summed E-state index contributed by atoms with van der Waals surface area (Å²) in [7, 11) is -4.98. The molecular formula is C13H20O3SSi. The second-order valence-corrected chi connectivity index (χ2v) is 13.3. The van der Waals surface area contributed by atoms with Crippen LogP contribution in [0.15, 0.2) is 35.2 Å². The van der Waals surface area contributed by atoms with E-state index in [4.69, 9.17) is 4.18 Å². The molecule has 0 aromatic heterocycles. The molecular weight excluding hydrogens is 264 g/mol. The van der Waals surface area contributed by atoms with Crippen LogP contribution >= 0.6 is 0 Å². The van der Waals surface area contributed by atoms with Crippen LogP contribution in [0.2, 0.25) is 25.2 Å². The Morgan fingerprint density at radius 2 is 1.78 bits per heavy atom. The van der Waals surface area contributed by atoms with Crippen LogP contribution in [0.1, 0.15) is 13.3 Å². The van der Waals surface area contributed by atoms with Gasteiger partial charge in [-0.1, -0.05) is 37.8 Å². The molecule has 2 atom stereocenters. The predicted molar refractivity (Wildman–Crippen MR) is 74.8 cm³/mol. The summed E-state index contributed by atoms with van der Waals surface area (Å²) >= 11 is 0. The van der Waals surface area contributed by atoms with Crippen LogP contribution in [0.25, 0.3) is 0 Å². The van der Waals surface area contributed by atoms with Gasteiger partial charge in [0.2, 0.25) is 0 Å². The second-order valence-electron chi connectivity index (χ2n) is 6.29. The van der Waals surface area contributed by atoms with Crippen molar-refractivity contribution >= 4 is 18.2 Å². The average Bonchev–Trinajstić information content (AvgIpc) is 2.90. The largest absolute Gasteiger partial charge is 0.297 e. The van der Waals surface area contributed by atoms with Crippen molar-refractivity contribution in [3.8, 4) is 0 Å². The van der Waals surface area contributed by atoms with Crippen molar-refractivity contribution in [3.63, 3.8) is 0 Å². The third kappa shape index (κ3) is 2.68. The van der Waals surface area contributed by atoms with Crippen LogP contribution in [0.3, 0.4) is 0 Å². The van der Waals surface area contributed by atoms with Crippen molar-refractivity contribution < 1.29 is 12.6 Å². The molecule has 0 N–H and O–H groups in total. The van der Waals surface area contributed by atoms with Crippen molar-refractivity contribution in [1.29, 1.82) is 0 Å². The minimum atomic E-state index is -3.63. The Bertz CT molecular complexity index is 533. The lowest BCUT2D eigenvalue weighted by molar-refractivity contribution is 0.207. The Balaban J connectivity index is 2.17. The lowest BCUT2D eigenvalue weighted by Gasteiger charge is -2.20. The maximum atomic E-state index is 12.2. The highest BCUT2D eigenvalue weighted by atomic mass is 32.2. The predicted octanol–water partition coefficient (Wildman–Crippen LogP) is 3.26. The van der Waals surface area contributed by atoms with Gasteiger partial charge in [-0.3, -0.25) is 4.18 Å². The molecule has 1 aromatic carbocycles. The normalized spacial score (nSPS) is 28.1. The van der Waals surface area contributed by atoms with Gasteiger partial charge in [0.1, 0.15) is 0 Å². The van der Waals surface area contributed by atoms with Gasteiger partial charge in [0.15, 0.2) is 0 Å². The molecule has 0 amide bonds. The third-order valence-electron chi connectivity index (χ3n) is 3.56. The highest BCUT2D eigenvalue weighted by molar-refractivity contribution is 7.86. The molecule has 5 heteroatoms. The highest BCUT2D eigenvalue weighted by Crippen LogP contribution is 2.58. The van der Waals surface area contributed by atoms with Crippen LogP contribution in [0, 0.1) is 0 Å². The molecule has 0 saturated heterocycles. The first-order chi connectivity index (χ1) is 8.15. The van der Waals surface area contributed by atoms with Crippen molar-refractivity contribution in [2.75, 3.05) is 0 Å². The van der Waals surface area contributed by atoms with Gasteiger partial charge in [-0.15, -0.1) is 0 Å². The molecule has 0 bridgehead atoms. The molecule has 3 nitrogen and oxygen atoms in total. The van der Waals surface area contributed by atoms with Gasteiger partial charge in [0, 0.05) is 0 Å². The van der Waals surface area contributed by atoms with Gasteiger partial charge in [0.05, 0.1) is 18.6 Å². The van der Waals surface area contributed by atoms with E-state index in [9.17, 15) is 8.42 Å². The number of rotatable bonds is 4. The van der Waals surface area contributed by atoms with Gasteiger partial charge >= 0.3 is 0 Å². The van der Waals surface area contributed by atoms with E-state index in [-0.39, 0.29) is 4.90 Å². The molecule has 18 heavy (non-hydrogen) atoms. The Morgan fingerprint density at radius 1 is 1.22 bits per heavy atom. The molecule has 0 heterocycles. The molecule has 2 rings (SSSR count). The maximum absolute atomic E-state index is 12.2. The average molecular weight is 284 g/mol. The molecule has 0 aliphatic heterocycles. The fourth-order valence-electron chi connectivity index (χ4n) is 2.55. The molecule has 2 unspecified atom stereocenters. The number of hydrogen-bond acceptors (Lipinski definition) is 3. The number of hydrogen-bond donors (Lipinski definition) is 0. The van der Waals surface area contributed by atoms with Crippen molar-refractivity contribution in [3.05, 3.63) is 30.3 Å². The second kappa shape index (κ2) is 4.18. The molecule has 1 saturated carbocycles. The Kier molecular flexibility index (Phi) is 3.20. The Hall–Kier alpha value is -0.653. The van der Waals surface area contributed by atoms with E-state index in [1.54, 1.807) is 30.3 Å². The van der Waals surface area contributed by atoms with Gasteiger partial charge in [-0.05, 0) is 31.0 Å². The Labute approximate surface area is 110 Å². The van der Waals surface area contributed by atoms with Crippen LogP contribution in [0.4, 0.5) is 0 Å². The summed E-state index contributed by atoms with van der Waals surface area (Å²) in [5, 5.41) is 0. The number of benzene rings is 1. The minimum Gasteiger partial charge on any atom is -0.260 e. The van der Waals surface area contributed by atoms with E-state index >= 15 is 0 Å². The molecule has 0 spiro atoms. The smallest absolute Gasteiger partial charge is 0.260 e. The summed E-state index contributed by atoms with van der Waals surface area (Å²) in [6.07, 6.45) is 0.856. The molecule has 1 aromatic rings. The third-order valence-corrected chi connectivity index (χ3v) is 7.92. The fraction of sp³-hybridized carbons (Fsp3) is 0.538. The zero-order valence-corrected chi connectivity index (χ0v) is 13.1. The van der Waals surface area contributed by atoms with Crippen LogP contribution in [-0.4, -0.2) is 22.1 Å². The standard InChI is InChI=1S/C13H20O3SSi/c1-13(10-12(13)18(2,3)4)16-17(14,15)11-8-6-5-7-9-11/h5-9,12H,10H2,1-4H3. The summed E-state index contributed by atoms with van der Waals surface area (Å²) in [5.41, 5.74) is -0.0671. The van der Waals surface area contributed by atoms with E-state index in [1.165, 1.54) is 0 Å². The Morgan fingerprint density at radius 3 is 2.22 bits per heavy atom. The summed E-state index contributed by atoms with van der Waals surface area (Å²) in [5.74, 6) is 0. The molecule has 1 aliphatic rings. The van der Waals surface area contributed by atoms with E-state index in [2.05, 4.69) is 19.6 Å². The molecule has 0 radical (unpaired) electrons. The molecule has 1 aliphatic carbocycles. The first-order valence-electron chi connectivity index (χ1n) is 6.16. The van der Waals surface area contributed by atoms with Crippen LogP contribution in [0.5, 0.6) is 0 Å². The van der Waals surface area contributed by atoms with Crippen LogP contribution < -0.4 is 0 Å². The first kappa shape index (κ1) is 13.8. The fourth-order valence-corrected chi connectivity index (χ4v) is 6.81. The van der Waals surface area contributed by atoms with E-state index < -0.39 is 23.8 Å². The summed E-state index contributed by atoms with van der Waals surface area (Å²) in [6, 6.07) is 8.36. The molecule has 1 fully saturated rings. The van der Waals surface area contributed by atoms with E-state index in [1.807, 2.05) is 6.92 Å². The van der Waals surface area contributed by atoms with E-state index in [0.717, 1.165) is 6.42 Å². The summed E-state index contributed by atoms with van der Waals surface area (Å²) < 4.78 is 29.8. The van der Waals surface area contributed by atoms with Gasteiger partial charge in [0.25, 0.3) is 10.1 Å². The highest BCUT2D eigenvalue weighted by Gasteiger charge is 2.59. The quantitative estimate of drug-likeness (QED) is 0.629. The van der Waals surface area contributed by atoms with Crippen molar-refractivity contribution in [1.82, 2.24) is 0 Å². The monoisotopic (exact) mass is 284 g/mol. The van der Waals surface area contributed by atoms with Gasteiger partial charge in [-0.2, -0.15) is 8.42 Å². The zero-order valence-electron chi connectivity index (χ0n) is 11.3. The topological polar surface area (TPSA) is 43.4 Å². The van der Waals surface area contributed by atoms with Gasteiger partial charge in [-0.25, -0.2) is 0 Å². The molecule has 100 valence electrons. The maximum Gasteiger partial charge on any atom is 0.297 e. The first-order valence-corrected chi connectivity index (χ1v) is 11.1. The van der Waals surface area contributed by atoms with Gasteiger partial charge < -0.3 is 0 Å². The zero-order chi connectivity index (χ0) is 13.6. The summed E-state index contributed by atoms with van der Waals surface area (Å²) in [6.45, 7) is 8.67. The van der Waals surface area contributed by atoms with Crippen LogP contribution in [-0.2, 0) is 14.3 Å². The lowest BCUT2D eigenvalue weighted by atomic mass is 10.4. The SMILES string of the molecule is CC1(OS(=O)(=O)c2ccccc2)CC1[Si](C)(C)C. The van der Waals surface area contributed by atoms with Crippen molar-refractivity contribution in [2.45, 2.75) is 49.0 Å². The lowest BCUT2D eigenvalue weighted by Crippen LogP contribution is -2.28. The minimum absolute atomic E-state index is 0.243. The van der Waals surface area contributed by atoms with Crippen molar-refractivity contribution in [2.24, 2.45) is 0 Å².